The molecule has 0 radical (unpaired) electrons. The monoisotopic (exact) mass is 208 g/mol. The summed E-state index contributed by atoms with van der Waals surface area (Å²) < 4.78 is 1.60. The van der Waals surface area contributed by atoms with Crippen LogP contribution in [0.2, 0.25) is 0 Å². The molecule has 0 bridgehead atoms. The van der Waals surface area contributed by atoms with Gasteiger partial charge in [0.05, 0.1) is 6.42 Å². The van der Waals surface area contributed by atoms with Crippen LogP contribution in [-0.2, 0) is 24.2 Å². The highest BCUT2D eigenvalue weighted by molar-refractivity contribution is 5.69. The summed E-state index contributed by atoms with van der Waals surface area (Å²) in [6.07, 6.45) is 3.97. The molecule has 0 saturated heterocycles. The van der Waals surface area contributed by atoms with Crippen molar-refractivity contribution in [2.45, 2.75) is 32.2 Å². The summed E-state index contributed by atoms with van der Waals surface area (Å²) in [6, 6.07) is 0. The average Bonchev–Trinajstić information content (AvgIpc) is 2.22. The number of rotatable bonds is 2. The molecular weight excluding hydrogens is 196 g/mol. The lowest BCUT2D eigenvalue weighted by molar-refractivity contribution is -0.136. The molecule has 1 aliphatic heterocycles. The molecule has 2 heterocycles. The Kier molecular flexibility index (Phi) is 2.53. The molecule has 1 aliphatic rings. The normalized spacial score (nSPS) is 14.7. The molecule has 80 valence electrons. The second kappa shape index (κ2) is 3.84. The molecule has 0 unspecified atom stereocenters. The van der Waals surface area contributed by atoms with Crippen molar-refractivity contribution in [2.75, 3.05) is 0 Å². The van der Waals surface area contributed by atoms with Crippen LogP contribution >= 0.6 is 0 Å². The fraction of sp³-hybridized carbons (Fsp3) is 0.500. The third-order valence-corrected chi connectivity index (χ3v) is 2.57. The second-order valence-corrected chi connectivity index (χ2v) is 3.68. The van der Waals surface area contributed by atoms with Gasteiger partial charge in [-0.1, -0.05) is 0 Å². The van der Waals surface area contributed by atoms with Crippen LogP contribution in [0.25, 0.3) is 0 Å². The average molecular weight is 208 g/mol. The van der Waals surface area contributed by atoms with Crippen molar-refractivity contribution in [1.29, 1.82) is 0 Å². The van der Waals surface area contributed by atoms with E-state index >= 15 is 0 Å². The number of hydrogen-bond donors (Lipinski definition) is 1. The first-order chi connectivity index (χ1) is 7.18. The molecule has 0 amide bonds. The molecule has 1 aromatic rings. The van der Waals surface area contributed by atoms with Gasteiger partial charge in [0.1, 0.15) is 5.82 Å². The number of nitrogens with zero attached hydrogens (tertiary/aromatic N) is 2. The summed E-state index contributed by atoms with van der Waals surface area (Å²) in [7, 11) is 0. The lowest BCUT2D eigenvalue weighted by atomic mass is 10.1. The Balaban J connectivity index is 2.43. The zero-order valence-corrected chi connectivity index (χ0v) is 8.27. The summed E-state index contributed by atoms with van der Waals surface area (Å²) in [5, 5.41) is 8.62. The van der Waals surface area contributed by atoms with E-state index in [0.717, 1.165) is 25.1 Å². The molecule has 1 aromatic heterocycles. The number of carboxylic acids is 1. The van der Waals surface area contributed by atoms with E-state index in [1.807, 2.05) is 0 Å². The van der Waals surface area contributed by atoms with E-state index in [2.05, 4.69) is 4.98 Å². The SMILES string of the molecule is O=C(O)Cc1cnc2n(c1=O)CCCC2. The number of aromatic nitrogens is 2. The third-order valence-electron chi connectivity index (χ3n) is 2.57. The fourth-order valence-corrected chi connectivity index (χ4v) is 1.84. The van der Waals surface area contributed by atoms with E-state index in [1.54, 1.807) is 4.57 Å². The number of aliphatic carboxylic acids is 1. The van der Waals surface area contributed by atoms with Crippen molar-refractivity contribution in [1.82, 2.24) is 9.55 Å². The molecule has 1 N–H and O–H groups in total. The highest BCUT2D eigenvalue weighted by atomic mass is 16.4. The van der Waals surface area contributed by atoms with E-state index in [4.69, 9.17) is 5.11 Å². The summed E-state index contributed by atoms with van der Waals surface area (Å²) in [5.74, 6) is -0.217. The summed E-state index contributed by atoms with van der Waals surface area (Å²) in [4.78, 5) is 26.5. The van der Waals surface area contributed by atoms with Gasteiger partial charge in [-0.2, -0.15) is 0 Å². The van der Waals surface area contributed by atoms with Crippen LogP contribution in [0.1, 0.15) is 24.2 Å². The first-order valence-electron chi connectivity index (χ1n) is 4.98. The van der Waals surface area contributed by atoms with Crippen molar-refractivity contribution >= 4 is 5.97 Å². The van der Waals surface area contributed by atoms with Gasteiger partial charge >= 0.3 is 5.97 Å². The van der Waals surface area contributed by atoms with E-state index in [9.17, 15) is 9.59 Å². The van der Waals surface area contributed by atoms with Crippen LogP contribution in [0.15, 0.2) is 11.0 Å². The standard InChI is InChI=1S/C10H12N2O3/c13-9(14)5-7-6-11-8-3-1-2-4-12(8)10(7)15/h6H,1-5H2,(H,13,14). The van der Waals surface area contributed by atoms with E-state index < -0.39 is 5.97 Å². The smallest absolute Gasteiger partial charge is 0.308 e. The Morgan fingerprint density at radius 1 is 1.53 bits per heavy atom. The highest BCUT2D eigenvalue weighted by Gasteiger charge is 2.15. The van der Waals surface area contributed by atoms with Gasteiger partial charge in [-0.05, 0) is 12.8 Å². The predicted octanol–water partition coefficient (Wildman–Crippen LogP) is 0.207. The minimum absolute atomic E-state index is 0.192. The molecule has 5 heteroatoms. The van der Waals surface area contributed by atoms with Crippen LogP contribution < -0.4 is 5.56 Å². The van der Waals surface area contributed by atoms with Gasteiger partial charge in [0.15, 0.2) is 0 Å². The summed E-state index contributed by atoms with van der Waals surface area (Å²) >= 11 is 0. The largest absolute Gasteiger partial charge is 0.481 e. The Bertz CT molecular complexity index is 450. The molecule has 2 rings (SSSR count). The van der Waals surface area contributed by atoms with Crippen LogP contribution in [0, 0.1) is 0 Å². The van der Waals surface area contributed by atoms with Gasteiger partial charge < -0.3 is 5.11 Å². The van der Waals surface area contributed by atoms with Crippen LogP contribution in [0.5, 0.6) is 0 Å². The van der Waals surface area contributed by atoms with Gasteiger partial charge in [-0.25, -0.2) is 4.98 Å². The third kappa shape index (κ3) is 1.91. The first kappa shape index (κ1) is 9.89. The van der Waals surface area contributed by atoms with Crippen molar-refractivity contribution in [3.8, 4) is 0 Å². The Labute approximate surface area is 86.4 Å². The van der Waals surface area contributed by atoms with Gasteiger partial charge in [-0.15, -0.1) is 0 Å². The van der Waals surface area contributed by atoms with Gasteiger partial charge in [-0.3, -0.25) is 14.2 Å². The lowest BCUT2D eigenvalue weighted by Crippen LogP contribution is -2.31. The molecular formula is C10H12N2O3. The number of hydrogen-bond acceptors (Lipinski definition) is 3. The Morgan fingerprint density at radius 2 is 2.33 bits per heavy atom. The fourth-order valence-electron chi connectivity index (χ4n) is 1.84. The second-order valence-electron chi connectivity index (χ2n) is 3.68. The molecule has 0 spiro atoms. The minimum Gasteiger partial charge on any atom is -0.481 e. The molecule has 15 heavy (non-hydrogen) atoms. The zero-order chi connectivity index (χ0) is 10.8. The molecule has 0 aromatic carbocycles. The first-order valence-corrected chi connectivity index (χ1v) is 4.98. The molecule has 5 nitrogen and oxygen atoms in total. The molecule has 0 fully saturated rings. The van der Waals surface area contributed by atoms with Crippen molar-refractivity contribution in [3.05, 3.63) is 27.9 Å². The Hall–Kier alpha value is -1.65. The van der Waals surface area contributed by atoms with Gasteiger partial charge in [0.2, 0.25) is 0 Å². The summed E-state index contributed by atoms with van der Waals surface area (Å²) in [6.45, 7) is 0.661. The van der Waals surface area contributed by atoms with E-state index in [0.29, 0.717) is 6.54 Å². The number of aryl methyl sites for hydroxylation is 1. The molecule has 0 aliphatic carbocycles. The summed E-state index contributed by atoms with van der Waals surface area (Å²) in [5.41, 5.74) is 0.0789. The number of fused-ring (bicyclic) bond motifs is 1. The van der Waals surface area contributed by atoms with Crippen LogP contribution in [0.4, 0.5) is 0 Å². The quantitative estimate of drug-likeness (QED) is 0.753. The van der Waals surface area contributed by atoms with Crippen LogP contribution in [0.3, 0.4) is 0 Å². The number of carbonyl (C=O) groups is 1. The number of carboxylic acid groups (broad SMARTS) is 1. The lowest BCUT2D eigenvalue weighted by Gasteiger charge is -2.17. The maximum atomic E-state index is 11.8. The minimum atomic E-state index is -0.995. The van der Waals surface area contributed by atoms with Crippen molar-refractivity contribution in [3.63, 3.8) is 0 Å². The van der Waals surface area contributed by atoms with Crippen molar-refractivity contribution in [2.24, 2.45) is 0 Å². The Morgan fingerprint density at radius 3 is 3.07 bits per heavy atom. The van der Waals surface area contributed by atoms with Gasteiger partial charge in [0.25, 0.3) is 5.56 Å². The van der Waals surface area contributed by atoms with Crippen LogP contribution in [-0.4, -0.2) is 20.6 Å². The van der Waals surface area contributed by atoms with Crippen molar-refractivity contribution < 1.29 is 9.90 Å². The molecule has 0 atom stereocenters. The zero-order valence-electron chi connectivity index (χ0n) is 8.27. The van der Waals surface area contributed by atoms with Gasteiger partial charge in [0, 0.05) is 24.7 Å². The molecule has 0 saturated carbocycles. The van der Waals surface area contributed by atoms with E-state index in [1.165, 1.54) is 6.20 Å². The highest BCUT2D eigenvalue weighted by Crippen LogP contribution is 2.09. The maximum absolute atomic E-state index is 11.8. The van der Waals surface area contributed by atoms with E-state index in [-0.39, 0.29) is 17.5 Å². The predicted molar refractivity (Wildman–Crippen MR) is 52.8 cm³/mol. The topological polar surface area (TPSA) is 72.2 Å². The maximum Gasteiger partial charge on any atom is 0.308 e.